The minimum absolute atomic E-state index is 0.00195. The van der Waals surface area contributed by atoms with E-state index in [1.165, 1.54) is 45.0 Å². The quantitative estimate of drug-likeness (QED) is 0.0146. The monoisotopic (exact) mass is 1160 g/mol. The highest BCUT2D eigenvalue weighted by Gasteiger charge is 2.68. The number of thioether (sulfide) groups is 1. The molecule has 0 saturated carbocycles. The van der Waals surface area contributed by atoms with Crippen LogP contribution < -0.4 is 21.7 Å². The number of hydrogen-bond donors (Lipinski definition) is 12. The summed E-state index contributed by atoms with van der Waals surface area (Å²) < 4.78 is 73.5. The molecule has 37 heteroatoms. The van der Waals surface area contributed by atoms with Gasteiger partial charge in [-0.2, -0.15) is 4.31 Å². The number of aliphatic hydroxyl groups excluding tert-OH is 2. The van der Waals surface area contributed by atoms with Crippen LogP contribution >= 0.6 is 35.2 Å². The Kier molecular flexibility index (Phi) is 18.7. The average molecular weight is 1160 g/mol. The molecule has 0 spiro atoms. The largest absolute Gasteiger partial charge is 0.508 e. The van der Waals surface area contributed by atoms with Crippen LogP contribution in [0.25, 0.3) is 11.2 Å². The van der Waals surface area contributed by atoms with Crippen LogP contribution in [0.4, 0.5) is 5.82 Å². The van der Waals surface area contributed by atoms with Crippen molar-refractivity contribution < 1.29 is 115 Å². The van der Waals surface area contributed by atoms with E-state index in [0.29, 0.717) is 11.8 Å². The predicted molar refractivity (Wildman–Crippen MR) is 253 cm³/mol. The molecule has 3 aliphatic heterocycles. The number of aromatic hydroxyl groups is 1. The number of aliphatic hydroxyl groups is 2. The summed E-state index contributed by atoms with van der Waals surface area (Å²) in [4.78, 5) is 130. The lowest BCUT2D eigenvalue weighted by Gasteiger charge is -2.55. The van der Waals surface area contributed by atoms with E-state index in [1.807, 2.05) is 0 Å². The molecular weight excluding hydrogens is 1100 g/mol. The first kappa shape index (κ1) is 59.9. The molecule has 2 fully saturated rings. The van der Waals surface area contributed by atoms with Gasteiger partial charge in [0.2, 0.25) is 22.8 Å². The van der Waals surface area contributed by atoms with Crippen LogP contribution in [0.15, 0.2) is 48.2 Å². The smallest absolute Gasteiger partial charge is 0.481 e. The van der Waals surface area contributed by atoms with Crippen molar-refractivity contribution >= 4 is 86.9 Å². The molecule has 10 atom stereocenters. The zero-order valence-electron chi connectivity index (χ0n) is 40.1. The van der Waals surface area contributed by atoms with Crippen LogP contribution in [0.1, 0.15) is 44.9 Å². The Morgan fingerprint density at radius 2 is 1.67 bits per heavy atom. The SMILES string of the molecule is COC1(NC(=O)C(C(=O)SCCNC(=O)CCNC(=O)C(O)C(C)(C)COP(=O)(O)OP(=O)(O)OCC2OC(n3cnc4c(N)ncnc43)C(O)C2OP(=O)(O)O)c2ccc(O)cc2)C(=O)N2C(C(=O)O)=C(C)COC21. The van der Waals surface area contributed by atoms with E-state index >= 15 is 0 Å². The Bertz CT molecular complexity index is 2910. The third kappa shape index (κ3) is 13.7. The molecule has 0 radical (unpaired) electrons. The summed E-state index contributed by atoms with van der Waals surface area (Å²) >= 11 is 0.617. The van der Waals surface area contributed by atoms with Gasteiger partial charge in [-0.1, -0.05) is 37.7 Å². The van der Waals surface area contributed by atoms with Crippen LogP contribution in [0.3, 0.4) is 0 Å². The third-order valence-corrected chi connectivity index (χ3v) is 15.6. The second-order valence-corrected chi connectivity index (χ2v) is 22.8. The van der Waals surface area contributed by atoms with Crippen LogP contribution in [0.2, 0.25) is 0 Å². The van der Waals surface area contributed by atoms with Gasteiger partial charge >= 0.3 is 29.4 Å². The van der Waals surface area contributed by atoms with E-state index in [9.17, 15) is 82.5 Å². The van der Waals surface area contributed by atoms with Gasteiger partial charge in [-0.15, -0.1) is 0 Å². The predicted octanol–water partition coefficient (Wildman–Crippen LogP) is -1.83. The van der Waals surface area contributed by atoms with Crippen molar-refractivity contribution in [3.8, 4) is 5.75 Å². The zero-order chi connectivity index (χ0) is 56.3. The number of phenolic OH excluding ortho intramolecular Hbond substituents is 1. The van der Waals surface area contributed by atoms with Gasteiger partial charge in [0.05, 0.1) is 26.1 Å². The highest BCUT2D eigenvalue weighted by molar-refractivity contribution is 8.13. The number of rotatable bonds is 25. The molecule has 3 aliphatic rings. The van der Waals surface area contributed by atoms with Gasteiger partial charge in [0, 0.05) is 37.8 Å². The van der Waals surface area contributed by atoms with Crippen LogP contribution in [-0.2, 0) is 74.6 Å². The number of aliphatic carboxylic acids is 1. The van der Waals surface area contributed by atoms with Crippen molar-refractivity contribution in [2.75, 3.05) is 51.5 Å². The fourth-order valence-corrected chi connectivity index (χ4v) is 11.4. The number of carboxylic acids is 1. The second-order valence-electron chi connectivity index (χ2n) is 17.5. The van der Waals surface area contributed by atoms with Crippen molar-refractivity contribution in [2.24, 2.45) is 5.41 Å². The Morgan fingerprint density at radius 3 is 2.32 bits per heavy atom. The Balaban J connectivity index is 0.941. The number of phenols is 1. The minimum atomic E-state index is -5.66. The van der Waals surface area contributed by atoms with Crippen molar-refractivity contribution in [1.82, 2.24) is 40.4 Å². The first-order valence-corrected chi connectivity index (χ1v) is 27.5. The summed E-state index contributed by atoms with van der Waals surface area (Å²) in [5.41, 5.74) is 1.87. The summed E-state index contributed by atoms with van der Waals surface area (Å²) in [6.07, 6.45) is -8.87. The molecule has 76 heavy (non-hydrogen) atoms. The van der Waals surface area contributed by atoms with Crippen LogP contribution in [-0.4, -0.2) is 181 Å². The number of anilines is 1. The lowest BCUT2D eigenvalue weighted by molar-refractivity contribution is -0.258. The molecular formula is C39H52N9O24P3S. The molecule has 10 unspecified atom stereocenters. The fraction of sp³-hybridized carbons (Fsp3) is 0.513. The van der Waals surface area contributed by atoms with Crippen LogP contribution in [0.5, 0.6) is 5.75 Å². The molecule has 13 N–H and O–H groups in total. The molecule has 418 valence electrons. The van der Waals surface area contributed by atoms with Gasteiger partial charge in [0.15, 0.2) is 23.9 Å². The highest BCUT2D eigenvalue weighted by Crippen LogP contribution is 2.61. The number of nitrogens with two attached hydrogens (primary N) is 1. The molecule has 6 rings (SSSR count). The van der Waals surface area contributed by atoms with Gasteiger partial charge in [-0.05, 0) is 30.2 Å². The number of nitrogens with one attached hydrogen (secondary N) is 3. The lowest BCUT2D eigenvalue weighted by atomic mass is 9.87. The highest BCUT2D eigenvalue weighted by atomic mass is 32.2. The number of methoxy groups -OCH3 is 1. The molecule has 33 nitrogen and oxygen atoms in total. The number of nitrogen functional groups attached to an aromatic ring is 1. The van der Waals surface area contributed by atoms with E-state index in [0.717, 1.165) is 29.2 Å². The number of nitrogens with zero attached hydrogens (tertiary/aromatic N) is 5. The summed E-state index contributed by atoms with van der Waals surface area (Å²) in [5, 5.41) is 47.6. The standard InChI is InChI=1S/C39H52N9O24P3S/c1-18-13-67-37-39(66-4,36(58)48(37)25(18)34(55)56)46-31(53)23(19-5-7-20(49)8-6-19)35(57)76-12-11-41-22(50)9-10-42-32(54)28(52)38(2,3)15-69-75(64,65)72-74(62,63)68-14-21-27(71-73(59,60)61)26(51)33(70-21)47-17-45-24-29(40)43-16-44-30(24)47/h5-8,16-17,21,23,26-28,33,37,49,51-52H,9-15H2,1-4H3,(H,41,50)(H,42,54)(H,46,53)(H,55,56)(H,62,63)(H,64,65)(H2,40,43,44)(H2,59,60,61). The maximum absolute atomic E-state index is 13.8. The normalized spacial score (nSPS) is 24.2. The zero-order valence-corrected chi connectivity index (χ0v) is 43.6. The molecule has 4 amide bonds. The van der Waals surface area contributed by atoms with Gasteiger partial charge in [-0.3, -0.25) is 47.0 Å². The van der Waals surface area contributed by atoms with Gasteiger partial charge < -0.3 is 75.9 Å². The van der Waals surface area contributed by atoms with Gasteiger partial charge in [0.25, 0.3) is 11.6 Å². The molecule has 0 aliphatic carbocycles. The summed E-state index contributed by atoms with van der Waals surface area (Å²) in [7, 11) is -15.6. The number of β-lactam (4-membered cyclic amide) rings is 1. The third-order valence-electron chi connectivity index (χ3n) is 11.5. The van der Waals surface area contributed by atoms with Gasteiger partial charge in [-0.25, -0.2) is 33.4 Å². The Morgan fingerprint density at radius 1 is 1.00 bits per heavy atom. The molecule has 5 heterocycles. The maximum atomic E-state index is 13.8. The van der Waals surface area contributed by atoms with Crippen molar-refractivity contribution in [3.05, 3.63) is 53.8 Å². The van der Waals surface area contributed by atoms with E-state index in [4.69, 9.17) is 29.0 Å². The number of phosphoric ester groups is 3. The number of benzene rings is 1. The summed E-state index contributed by atoms with van der Waals surface area (Å²) in [5.74, 6) is -7.14. The molecule has 0 bridgehead atoms. The summed E-state index contributed by atoms with van der Waals surface area (Å²) in [6.45, 7) is 0.943. The van der Waals surface area contributed by atoms with Crippen molar-refractivity contribution in [1.29, 1.82) is 0 Å². The number of carboxylic acid groups (broad SMARTS) is 1. The average Bonchev–Trinajstić information content (AvgIpc) is 3.90. The molecule has 2 saturated heterocycles. The number of carbonyl (C=O) groups is 6. The van der Waals surface area contributed by atoms with Crippen LogP contribution in [0, 0.1) is 5.41 Å². The number of amides is 4. The first-order valence-electron chi connectivity index (χ1n) is 22.0. The Hall–Kier alpha value is -5.35. The van der Waals surface area contributed by atoms with E-state index in [-0.39, 0.29) is 71.4 Å². The molecule has 1 aromatic carbocycles. The van der Waals surface area contributed by atoms with Gasteiger partial charge in [0.1, 0.15) is 53.6 Å². The number of imidazole rings is 1. The number of aromatic nitrogens is 4. The van der Waals surface area contributed by atoms with Crippen molar-refractivity contribution in [2.45, 2.75) is 75.7 Å². The van der Waals surface area contributed by atoms with Crippen molar-refractivity contribution in [3.63, 3.8) is 0 Å². The first-order chi connectivity index (χ1) is 35.4. The van der Waals surface area contributed by atoms with E-state index in [2.05, 4.69) is 39.7 Å². The number of carbonyl (C=O) groups excluding carboxylic acids is 5. The van der Waals surface area contributed by atoms with E-state index < -0.39 is 125 Å². The Labute approximate surface area is 432 Å². The molecule has 3 aromatic rings. The lowest BCUT2D eigenvalue weighted by Crippen LogP contribution is -2.82. The number of fused-ring (bicyclic) bond motifs is 2. The number of phosphoric acid groups is 3. The minimum Gasteiger partial charge on any atom is -0.508 e. The second kappa shape index (κ2) is 23.7. The number of hydrogen-bond acceptors (Lipinski definition) is 24. The summed E-state index contributed by atoms with van der Waals surface area (Å²) in [6, 6.07) is 5.01. The topological polar surface area (TPSA) is 489 Å². The fourth-order valence-electron chi connectivity index (χ4n) is 7.72. The number of ether oxygens (including phenoxy) is 3. The van der Waals surface area contributed by atoms with E-state index in [1.54, 1.807) is 0 Å². The molecule has 2 aromatic heterocycles. The maximum Gasteiger partial charge on any atom is 0.481 e.